The van der Waals surface area contributed by atoms with Crippen LogP contribution in [0.2, 0.25) is 5.28 Å². The normalized spacial score (nSPS) is 18.2. The number of thiophene rings is 1. The first-order valence-corrected chi connectivity index (χ1v) is 10.3. The molecule has 4 heterocycles. The summed E-state index contributed by atoms with van der Waals surface area (Å²) in [6, 6.07) is 1.95. The smallest absolute Gasteiger partial charge is 0.407 e. The van der Waals surface area contributed by atoms with E-state index in [9.17, 15) is 4.79 Å². The first kappa shape index (κ1) is 19.2. The zero-order valence-corrected chi connectivity index (χ0v) is 16.8. The number of aromatic nitrogens is 2. The molecule has 0 spiro atoms. The van der Waals surface area contributed by atoms with E-state index >= 15 is 0 Å². The molecular formula is C18H20ClN5O3S. The van der Waals surface area contributed by atoms with Crippen molar-refractivity contribution in [3.8, 4) is 11.8 Å². The fourth-order valence-corrected chi connectivity index (χ4v) is 4.43. The maximum Gasteiger partial charge on any atom is 0.407 e. The SMILES string of the molecule is O=C(O)N1CCN(CC#Cc2cc3nc(Cl)nc(N4CCOCC4)c3s2)CC1. The highest BCUT2D eigenvalue weighted by atomic mass is 35.5. The number of carbonyl (C=O) groups is 1. The molecule has 28 heavy (non-hydrogen) atoms. The fraction of sp³-hybridized carbons (Fsp3) is 0.500. The highest BCUT2D eigenvalue weighted by Crippen LogP contribution is 2.33. The lowest BCUT2D eigenvalue weighted by Gasteiger charge is -2.31. The van der Waals surface area contributed by atoms with Gasteiger partial charge in [0.1, 0.15) is 0 Å². The van der Waals surface area contributed by atoms with E-state index in [0.717, 1.165) is 34.0 Å². The van der Waals surface area contributed by atoms with Gasteiger partial charge in [-0.05, 0) is 17.7 Å². The molecule has 2 aliphatic heterocycles. The van der Waals surface area contributed by atoms with E-state index in [1.165, 1.54) is 4.90 Å². The summed E-state index contributed by atoms with van der Waals surface area (Å²) in [6.45, 7) is 5.99. The number of piperazine rings is 1. The molecule has 0 aliphatic carbocycles. The van der Waals surface area contributed by atoms with Gasteiger partial charge in [-0.3, -0.25) is 4.90 Å². The summed E-state index contributed by atoms with van der Waals surface area (Å²) in [5, 5.41) is 9.24. The number of anilines is 1. The minimum absolute atomic E-state index is 0.239. The summed E-state index contributed by atoms with van der Waals surface area (Å²) in [4.78, 5) is 26.4. The third-order valence-corrected chi connectivity index (χ3v) is 6.00. The Morgan fingerprint density at radius 1 is 1.21 bits per heavy atom. The predicted molar refractivity (Wildman–Crippen MR) is 108 cm³/mol. The zero-order chi connectivity index (χ0) is 19.5. The average molecular weight is 422 g/mol. The van der Waals surface area contributed by atoms with Crippen molar-refractivity contribution in [3.63, 3.8) is 0 Å². The summed E-state index contributed by atoms with van der Waals surface area (Å²) < 4.78 is 6.41. The monoisotopic (exact) mass is 421 g/mol. The Balaban J connectivity index is 1.47. The molecule has 8 nitrogen and oxygen atoms in total. The lowest BCUT2D eigenvalue weighted by molar-refractivity contribution is 0.111. The van der Waals surface area contributed by atoms with Crippen molar-refractivity contribution >= 4 is 45.1 Å². The Kier molecular flexibility index (Phi) is 5.82. The minimum atomic E-state index is -0.855. The van der Waals surface area contributed by atoms with Gasteiger partial charge < -0.3 is 19.6 Å². The second kappa shape index (κ2) is 8.49. The highest BCUT2D eigenvalue weighted by Gasteiger charge is 2.20. The quantitative estimate of drug-likeness (QED) is 0.585. The van der Waals surface area contributed by atoms with Crippen LogP contribution in [-0.4, -0.2) is 90.0 Å². The van der Waals surface area contributed by atoms with Crippen LogP contribution >= 0.6 is 22.9 Å². The number of rotatable bonds is 2. The first-order chi connectivity index (χ1) is 13.6. The number of nitrogens with zero attached hydrogens (tertiary/aromatic N) is 5. The third-order valence-electron chi connectivity index (χ3n) is 4.79. The molecule has 0 atom stereocenters. The van der Waals surface area contributed by atoms with Crippen LogP contribution < -0.4 is 4.90 Å². The molecule has 2 aliphatic rings. The number of carboxylic acid groups (broad SMARTS) is 1. The van der Waals surface area contributed by atoms with Gasteiger partial charge in [0.05, 0.1) is 34.9 Å². The molecule has 2 aromatic heterocycles. The van der Waals surface area contributed by atoms with E-state index in [2.05, 4.69) is 31.6 Å². The lowest BCUT2D eigenvalue weighted by atomic mass is 10.3. The fourth-order valence-electron chi connectivity index (χ4n) is 3.27. The van der Waals surface area contributed by atoms with Gasteiger partial charge in [-0.25, -0.2) is 9.78 Å². The summed E-state index contributed by atoms with van der Waals surface area (Å²) in [6.07, 6.45) is -0.855. The van der Waals surface area contributed by atoms with Gasteiger partial charge in [0.2, 0.25) is 5.28 Å². The van der Waals surface area contributed by atoms with E-state index in [-0.39, 0.29) is 5.28 Å². The highest BCUT2D eigenvalue weighted by molar-refractivity contribution is 7.20. The van der Waals surface area contributed by atoms with Crippen LogP contribution in [0, 0.1) is 11.8 Å². The summed E-state index contributed by atoms with van der Waals surface area (Å²) >= 11 is 7.70. The maximum atomic E-state index is 11.0. The number of halogens is 1. The van der Waals surface area contributed by atoms with Crippen LogP contribution in [0.15, 0.2) is 6.07 Å². The van der Waals surface area contributed by atoms with E-state index in [1.54, 1.807) is 11.3 Å². The molecule has 10 heteroatoms. The lowest BCUT2D eigenvalue weighted by Crippen LogP contribution is -2.48. The average Bonchev–Trinajstić information content (AvgIpc) is 3.11. The maximum absolute atomic E-state index is 11.0. The number of morpholine rings is 1. The number of hydrogen-bond acceptors (Lipinski definition) is 7. The third kappa shape index (κ3) is 4.31. The van der Waals surface area contributed by atoms with Gasteiger partial charge >= 0.3 is 6.09 Å². The van der Waals surface area contributed by atoms with Crippen molar-refractivity contribution in [1.29, 1.82) is 0 Å². The van der Waals surface area contributed by atoms with Gasteiger partial charge in [0.15, 0.2) is 5.82 Å². The molecule has 0 saturated carbocycles. The molecule has 148 valence electrons. The second-order valence-corrected chi connectivity index (χ2v) is 7.98. The topological polar surface area (TPSA) is 82.0 Å². The molecule has 2 aromatic rings. The number of hydrogen-bond donors (Lipinski definition) is 1. The summed E-state index contributed by atoms with van der Waals surface area (Å²) in [7, 11) is 0. The molecule has 0 aromatic carbocycles. The van der Waals surface area contributed by atoms with Gasteiger partial charge in [0, 0.05) is 39.3 Å². The molecule has 0 bridgehead atoms. The standard InChI is InChI=1S/C18H20ClN5O3S/c19-17-20-14-12-13(2-1-3-22-4-6-24(7-5-22)18(25)26)28-15(14)16(21-17)23-8-10-27-11-9-23/h12H,3-11H2,(H,25,26). The summed E-state index contributed by atoms with van der Waals surface area (Å²) in [5.74, 6) is 7.25. The van der Waals surface area contributed by atoms with Gasteiger partial charge in [0.25, 0.3) is 0 Å². The van der Waals surface area contributed by atoms with Crippen molar-refractivity contribution in [2.24, 2.45) is 0 Å². The molecule has 0 unspecified atom stereocenters. The van der Waals surface area contributed by atoms with E-state index in [1.807, 2.05) is 6.07 Å². The first-order valence-electron chi connectivity index (χ1n) is 9.09. The molecule has 4 rings (SSSR count). The molecule has 0 radical (unpaired) electrons. The van der Waals surface area contributed by atoms with Crippen molar-refractivity contribution in [3.05, 3.63) is 16.2 Å². The Morgan fingerprint density at radius 3 is 2.68 bits per heavy atom. The minimum Gasteiger partial charge on any atom is -0.465 e. The van der Waals surface area contributed by atoms with Crippen LogP contribution in [0.5, 0.6) is 0 Å². The Hall–Kier alpha value is -2.12. The van der Waals surface area contributed by atoms with Crippen LogP contribution in [0.25, 0.3) is 10.2 Å². The number of amides is 1. The molecule has 2 saturated heterocycles. The van der Waals surface area contributed by atoms with Crippen LogP contribution in [0.1, 0.15) is 4.88 Å². The van der Waals surface area contributed by atoms with Crippen molar-refractivity contribution in [1.82, 2.24) is 19.8 Å². The number of ether oxygens (including phenoxy) is 1. The number of fused-ring (bicyclic) bond motifs is 1. The van der Waals surface area contributed by atoms with E-state index in [4.69, 9.17) is 21.4 Å². The van der Waals surface area contributed by atoms with Crippen LogP contribution in [0.3, 0.4) is 0 Å². The Labute approximate surface area is 171 Å². The van der Waals surface area contributed by atoms with E-state index < -0.39 is 6.09 Å². The molecule has 1 N–H and O–H groups in total. The molecule has 2 fully saturated rings. The van der Waals surface area contributed by atoms with Gasteiger partial charge in [-0.1, -0.05) is 11.8 Å². The largest absolute Gasteiger partial charge is 0.465 e. The molecular weight excluding hydrogens is 402 g/mol. The van der Waals surface area contributed by atoms with Crippen molar-refractivity contribution in [2.75, 3.05) is 63.9 Å². The predicted octanol–water partition coefficient (Wildman–Crippen LogP) is 1.83. The Bertz CT molecular complexity index is 926. The van der Waals surface area contributed by atoms with Crippen molar-refractivity contribution < 1.29 is 14.6 Å². The Morgan fingerprint density at radius 2 is 1.96 bits per heavy atom. The van der Waals surface area contributed by atoms with Crippen LogP contribution in [-0.2, 0) is 4.74 Å². The van der Waals surface area contributed by atoms with Gasteiger partial charge in [-0.2, -0.15) is 4.98 Å². The zero-order valence-electron chi connectivity index (χ0n) is 15.2. The summed E-state index contributed by atoms with van der Waals surface area (Å²) in [5.41, 5.74) is 0.811. The second-order valence-electron chi connectivity index (χ2n) is 6.59. The van der Waals surface area contributed by atoms with Crippen molar-refractivity contribution in [2.45, 2.75) is 0 Å². The van der Waals surface area contributed by atoms with Crippen LogP contribution in [0.4, 0.5) is 10.6 Å². The molecule has 1 amide bonds. The van der Waals surface area contributed by atoms with Gasteiger partial charge in [-0.15, -0.1) is 11.3 Å². The van der Waals surface area contributed by atoms with E-state index in [0.29, 0.717) is 45.9 Å².